The summed E-state index contributed by atoms with van der Waals surface area (Å²) in [6.45, 7) is 7.40. The lowest BCUT2D eigenvalue weighted by atomic mass is 10.00. The second-order valence-electron chi connectivity index (χ2n) is 5.05. The van der Waals surface area contributed by atoms with Gasteiger partial charge in [0.1, 0.15) is 0 Å². The van der Waals surface area contributed by atoms with Gasteiger partial charge < -0.3 is 5.32 Å². The smallest absolute Gasteiger partial charge is 0.0297 e. The van der Waals surface area contributed by atoms with E-state index in [1.165, 1.54) is 22.3 Å². The van der Waals surface area contributed by atoms with Gasteiger partial charge >= 0.3 is 0 Å². The molecule has 19 heavy (non-hydrogen) atoms. The minimum Gasteiger partial charge on any atom is -0.306 e. The van der Waals surface area contributed by atoms with Crippen LogP contribution >= 0.6 is 15.9 Å². The number of benzene rings is 2. The number of hydrogen-bond acceptors (Lipinski definition) is 1. The summed E-state index contributed by atoms with van der Waals surface area (Å²) in [5, 5.41) is 3.59. The minimum atomic E-state index is 0.354. The molecule has 0 bridgehead atoms. The Morgan fingerprint density at radius 1 is 1.11 bits per heavy atom. The van der Waals surface area contributed by atoms with Crippen LogP contribution in [0.4, 0.5) is 0 Å². The Kier molecular flexibility index (Phi) is 4.78. The molecule has 1 atom stereocenters. The largest absolute Gasteiger partial charge is 0.306 e. The number of hydrogen-bond donors (Lipinski definition) is 1. The molecule has 0 aliphatic carbocycles. The molecular weight excluding hydrogens is 298 g/mol. The number of nitrogens with one attached hydrogen (secondary N) is 1. The Labute approximate surface area is 124 Å². The van der Waals surface area contributed by atoms with Gasteiger partial charge in [-0.05, 0) is 43.5 Å². The van der Waals surface area contributed by atoms with Crippen LogP contribution < -0.4 is 5.32 Å². The maximum Gasteiger partial charge on any atom is 0.0297 e. The summed E-state index contributed by atoms with van der Waals surface area (Å²) >= 11 is 3.59. The van der Waals surface area contributed by atoms with E-state index in [4.69, 9.17) is 0 Å². The SMILES string of the molecule is Cc1ccc(C(C)NCc2ccccc2Br)c(C)c1. The Morgan fingerprint density at radius 3 is 2.53 bits per heavy atom. The third-order valence-corrected chi connectivity index (χ3v) is 4.22. The van der Waals surface area contributed by atoms with Gasteiger partial charge in [0.2, 0.25) is 0 Å². The van der Waals surface area contributed by atoms with E-state index in [-0.39, 0.29) is 0 Å². The van der Waals surface area contributed by atoms with Crippen molar-refractivity contribution in [2.75, 3.05) is 0 Å². The number of aryl methyl sites for hydroxylation is 2. The molecule has 0 heterocycles. The molecule has 0 fully saturated rings. The second-order valence-corrected chi connectivity index (χ2v) is 5.91. The Morgan fingerprint density at radius 2 is 1.84 bits per heavy atom. The van der Waals surface area contributed by atoms with Crippen LogP contribution in [0.25, 0.3) is 0 Å². The molecular formula is C17H20BrN. The van der Waals surface area contributed by atoms with E-state index in [2.05, 4.69) is 78.4 Å². The van der Waals surface area contributed by atoms with Crippen LogP contribution in [0, 0.1) is 13.8 Å². The van der Waals surface area contributed by atoms with Crippen molar-refractivity contribution in [3.8, 4) is 0 Å². The van der Waals surface area contributed by atoms with E-state index in [9.17, 15) is 0 Å². The van der Waals surface area contributed by atoms with Crippen molar-refractivity contribution in [2.24, 2.45) is 0 Å². The standard InChI is InChI=1S/C17H20BrN/c1-12-8-9-16(13(2)10-12)14(3)19-11-15-6-4-5-7-17(15)18/h4-10,14,19H,11H2,1-3H3. The first kappa shape index (κ1) is 14.3. The Balaban J connectivity index is 2.05. The number of rotatable bonds is 4. The lowest BCUT2D eigenvalue weighted by molar-refractivity contribution is 0.571. The minimum absolute atomic E-state index is 0.354. The van der Waals surface area contributed by atoms with Crippen LogP contribution in [-0.4, -0.2) is 0 Å². The fourth-order valence-electron chi connectivity index (χ4n) is 2.33. The molecule has 0 amide bonds. The molecule has 0 radical (unpaired) electrons. The topological polar surface area (TPSA) is 12.0 Å². The molecule has 0 aromatic heterocycles. The fraction of sp³-hybridized carbons (Fsp3) is 0.294. The van der Waals surface area contributed by atoms with E-state index in [0.717, 1.165) is 11.0 Å². The maximum absolute atomic E-state index is 3.59. The quantitative estimate of drug-likeness (QED) is 0.844. The normalized spacial score (nSPS) is 12.4. The van der Waals surface area contributed by atoms with Gasteiger partial charge in [-0.15, -0.1) is 0 Å². The van der Waals surface area contributed by atoms with Crippen LogP contribution in [0.2, 0.25) is 0 Å². The first-order valence-electron chi connectivity index (χ1n) is 6.62. The maximum atomic E-state index is 3.59. The summed E-state index contributed by atoms with van der Waals surface area (Å²) in [6, 6.07) is 15.3. The molecule has 2 aromatic rings. The first-order valence-corrected chi connectivity index (χ1v) is 7.41. The summed E-state index contributed by atoms with van der Waals surface area (Å²) < 4.78 is 1.16. The van der Waals surface area contributed by atoms with Gasteiger partial charge in [-0.1, -0.05) is 57.9 Å². The molecule has 0 spiro atoms. The molecule has 1 N–H and O–H groups in total. The van der Waals surface area contributed by atoms with Gasteiger partial charge in [-0.2, -0.15) is 0 Å². The molecule has 1 unspecified atom stereocenters. The van der Waals surface area contributed by atoms with Gasteiger partial charge in [0.15, 0.2) is 0 Å². The van der Waals surface area contributed by atoms with Gasteiger partial charge in [0.25, 0.3) is 0 Å². The van der Waals surface area contributed by atoms with Crippen LogP contribution in [0.1, 0.15) is 35.2 Å². The monoisotopic (exact) mass is 317 g/mol. The van der Waals surface area contributed by atoms with Crippen LogP contribution in [0.3, 0.4) is 0 Å². The van der Waals surface area contributed by atoms with E-state index < -0.39 is 0 Å². The molecule has 0 saturated heterocycles. The zero-order valence-electron chi connectivity index (χ0n) is 11.7. The molecule has 100 valence electrons. The van der Waals surface area contributed by atoms with E-state index in [1.54, 1.807) is 0 Å². The third kappa shape index (κ3) is 3.68. The highest BCUT2D eigenvalue weighted by Crippen LogP contribution is 2.21. The van der Waals surface area contributed by atoms with Gasteiger partial charge in [0, 0.05) is 17.1 Å². The summed E-state index contributed by atoms with van der Waals surface area (Å²) in [5.74, 6) is 0. The van der Waals surface area contributed by atoms with Crippen molar-refractivity contribution >= 4 is 15.9 Å². The van der Waals surface area contributed by atoms with E-state index in [1.807, 2.05) is 6.07 Å². The molecule has 2 heteroatoms. The summed E-state index contributed by atoms with van der Waals surface area (Å²) in [5.41, 5.74) is 5.34. The Hall–Kier alpha value is -1.12. The summed E-state index contributed by atoms with van der Waals surface area (Å²) in [4.78, 5) is 0. The molecule has 2 aromatic carbocycles. The summed E-state index contributed by atoms with van der Waals surface area (Å²) in [7, 11) is 0. The van der Waals surface area contributed by atoms with Gasteiger partial charge in [0.05, 0.1) is 0 Å². The average molecular weight is 318 g/mol. The van der Waals surface area contributed by atoms with Gasteiger partial charge in [-0.3, -0.25) is 0 Å². The van der Waals surface area contributed by atoms with Crippen molar-refractivity contribution < 1.29 is 0 Å². The summed E-state index contributed by atoms with van der Waals surface area (Å²) in [6.07, 6.45) is 0. The van der Waals surface area contributed by atoms with E-state index in [0.29, 0.717) is 6.04 Å². The lowest BCUT2D eigenvalue weighted by Crippen LogP contribution is -2.19. The fourth-order valence-corrected chi connectivity index (χ4v) is 2.75. The predicted octanol–water partition coefficient (Wildman–Crippen LogP) is 4.92. The highest BCUT2D eigenvalue weighted by Gasteiger charge is 2.08. The van der Waals surface area contributed by atoms with Crippen molar-refractivity contribution in [2.45, 2.75) is 33.4 Å². The lowest BCUT2D eigenvalue weighted by Gasteiger charge is -2.17. The van der Waals surface area contributed by atoms with Crippen molar-refractivity contribution in [1.29, 1.82) is 0 Å². The Bertz CT molecular complexity index is 563. The van der Waals surface area contributed by atoms with Crippen LogP contribution in [-0.2, 0) is 6.54 Å². The third-order valence-electron chi connectivity index (χ3n) is 3.45. The first-order chi connectivity index (χ1) is 9.08. The highest BCUT2D eigenvalue weighted by atomic mass is 79.9. The molecule has 0 saturated carbocycles. The predicted molar refractivity (Wildman–Crippen MR) is 85.3 cm³/mol. The van der Waals surface area contributed by atoms with Crippen molar-refractivity contribution in [1.82, 2.24) is 5.32 Å². The van der Waals surface area contributed by atoms with Gasteiger partial charge in [-0.25, -0.2) is 0 Å². The second kappa shape index (κ2) is 6.36. The molecule has 2 rings (SSSR count). The van der Waals surface area contributed by atoms with E-state index >= 15 is 0 Å². The molecule has 1 nitrogen and oxygen atoms in total. The average Bonchev–Trinajstić information content (AvgIpc) is 2.37. The molecule has 0 aliphatic rings. The molecule has 0 aliphatic heterocycles. The van der Waals surface area contributed by atoms with Crippen LogP contribution in [0.15, 0.2) is 46.9 Å². The van der Waals surface area contributed by atoms with Crippen molar-refractivity contribution in [3.63, 3.8) is 0 Å². The van der Waals surface area contributed by atoms with Crippen LogP contribution in [0.5, 0.6) is 0 Å². The zero-order chi connectivity index (χ0) is 13.8. The van der Waals surface area contributed by atoms with Crippen molar-refractivity contribution in [3.05, 3.63) is 69.2 Å². The number of halogens is 1. The zero-order valence-corrected chi connectivity index (χ0v) is 13.3. The highest BCUT2D eigenvalue weighted by molar-refractivity contribution is 9.10.